The second-order valence-corrected chi connectivity index (χ2v) is 8.94. The number of ether oxygens (including phenoxy) is 1. The van der Waals surface area contributed by atoms with Crippen LogP contribution >= 0.6 is 0 Å². The Labute approximate surface area is 161 Å². The first-order chi connectivity index (χ1) is 12.9. The summed E-state index contributed by atoms with van der Waals surface area (Å²) in [5.41, 5.74) is 2.96. The molecule has 0 aliphatic carbocycles. The summed E-state index contributed by atoms with van der Waals surface area (Å²) in [5, 5.41) is 0. The maximum Gasteiger partial charge on any atom is 0.311 e. The van der Waals surface area contributed by atoms with Gasteiger partial charge in [-0.25, -0.2) is 8.42 Å². The Morgan fingerprint density at radius 1 is 1.04 bits per heavy atom. The number of carbonyl (C=O) groups excluding carboxylic acids is 1. The van der Waals surface area contributed by atoms with Crippen molar-refractivity contribution >= 4 is 16.0 Å². The number of esters is 1. The summed E-state index contributed by atoms with van der Waals surface area (Å²) in [4.78, 5) is 12.4. The van der Waals surface area contributed by atoms with Crippen LogP contribution in [-0.2, 0) is 21.2 Å². The lowest BCUT2D eigenvalue weighted by Gasteiger charge is -2.15. The van der Waals surface area contributed by atoms with Gasteiger partial charge in [0.15, 0.2) is 0 Å². The molecular weight excluding hydrogens is 362 g/mol. The lowest BCUT2D eigenvalue weighted by atomic mass is 10.1. The standard InChI is InChI=1S/C21H25NO4S/c1-16-5-11-20(17(2)15-16)26-21(23)12-8-18-6-9-19(10-7-18)27(24,25)22-13-3-4-14-22/h5-7,9-11,15H,3-4,8,12-14H2,1-2H3. The van der Waals surface area contributed by atoms with E-state index in [-0.39, 0.29) is 12.4 Å². The number of rotatable bonds is 6. The number of hydrogen-bond acceptors (Lipinski definition) is 4. The van der Waals surface area contributed by atoms with E-state index >= 15 is 0 Å². The Morgan fingerprint density at radius 3 is 2.33 bits per heavy atom. The molecule has 0 N–H and O–H groups in total. The average molecular weight is 388 g/mol. The third-order valence-electron chi connectivity index (χ3n) is 4.80. The van der Waals surface area contributed by atoms with Crippen molar-refractivity contribution in [3.05, 3.63) is 59.2 Å². The van der Waals surface area contributed by atoms with E-state index in [9.17, 15) is 13.2 Å². The van der Waals surface area contributed by atoms with Gasteiger partial charge in [0.2, 0.25) is 10.0 Å². The fourth-order valence-electron chi connectivity index (χ4n) is 3.24. The molecule has 0 amide bonds. The highest BCUT2D eigenvalue weighted by Gasteiger charge is 2.26. The van der Waals surface area contributed by atoms with E-state index in [1.54, 1.807) is 30.3 Å². The Kier molecular flexibility index (Phi) is 5.97. The molecule has 1 aliphatic rings. The topological polar surface area (TPSA) is 63.7 Å². The Hall–Kier alpha value is -2.18. The molecule has 1 fully saturated rings. The quantitative estimate of drug-likeness (QED) is 0.561. The van der Waals surface area contributed by atoms with Gasteiger partial charge in [0.05, 0.1) is 4.90 Å². The predicted molar refractivity (Wildman–Crippen MR) is 104 cm³/mol. The lowest BCUT2D eigenvalue weighted by Crippen LogP contribution is -2.27. The summed E-state index contributed by atoms with van der Waals surface area (Å²) in [6.45, 7) is 5.09. The zero-order valence-corrected chi connectivity index (χ0v) is 16.6. The van der Waals surface area contributed by atoms with Crippen LogP contribution in [-0.4, -0.2) is 31.8 Å². The van der Waals surface area contributed by atoms with Crippen LogP contribution in [0.4, 0.5) is 0 Å². The van der Waals surface area contributed by atoms with Crippen LogP contribution in [0, 0.1) is 13.8 Å². The minimum absolute atomic E-state index is 0.242. The molecule has 1 aliphatic heterocycles. The number of nitrogens with zero attached hydrogens (tertiary/aromatic N) is 1. The van der Waals surface area contributed by atoms with Gasteiger partial charge in [-0.05, 0) is 62.4 Å². The normalized spacial score (nSPS) is 15.0. The van der Waals surface area contributed by atoms with Crippen LogP contribution in [0.1, 0.15) is 36.0 Å². The number of hydrogen-bond donors (Lipinski definition) is 0. The summed E-state index contributed by atoms with van der Waals surface area (Å²) in [7, 11) is -3.39. The van der Waals surface area contributed by atoms with Crippen molar-refractivity contribution < 1.29 is 17.9 Å². The van der Waals surface area contributed by atoms with Gasteiger partial charge >= 0.3 is 5.97 Å². The Morgan fingerprint density at radius 2 is 1.70 bits per heavy atom. The number of benzene rings is 2. The molecule has 0 atom stereocenters. The van der Waals surface area contributed by atoms with E-state index in [1.165, 1.54) is 4.31 Å². The Balaban J connectivity index is 1.57. The van der Waals surface area contributed by atoms with Crippen LogP contribution in [0.5, 0.6) is 5.75 Å². The number of sulfonamides is 1. The minimum Gasteiger partial charge on any atom is -0.426 e. The maximum absolute atomic E-state index is 12.5. The van der Waals surface area contributed by atoms with Gasteiger partial charge in [-0.15, -0.1) is 0 Å². The molecule has 0 unspecified atom stereocenters. The van der Waals surface area contributed by atoms with E-state index in [0.29, 0.717) is 30.2 Å². The molecule has 0 aromatic heterocycles. The van der Waals surface area contributed by atoms with Gasteiger partial charge < -0.3 is 4.74 Å². The molecule has 0 saturated carbocycles. The highest BCUT2D eigenvalue weighted by molar-refractivity contribution is 7.89. The van der Waals surface area contributed by atoms with Crippen LogP contribution in [0.15, 0.2) is 47.4 Å². The van der Waals surface area contributed by atoms with Crippen LogP contribution in [0.25, 0.3) is 0 Å². The Bertz CT molecular complexity index is 914. The van der Waals surface area contributed by atoms with Crippen molar-refractivity contribution in [3.8, 4) is 5.75 Å². The fraction of sp³-hybridized carbons (Fsp3) is 0.381. The highest BCUT2D eigenvalue weighted by atomic mass is 32.2. The molecule has 3 rings (SSSR count). The molecule has 2 aromatic rings. The van der Waals surface area contributed by atoms with Crippen LogP contribution < -0.4 is 4.74 Å². The molecule has 6 heteroatoms. The molecule has 1 saturated heterocycles. The first-order valence-electron chi connectivity index (χ1n) is 9.23. The van der Waals surface area contributed by atoms with Crippen molar-refractivity contribution in [1.29, 1.82) is 0 Å². The predicted octanol–water partition coefficient (Wildman–Crippen LogP) is 3.63. The largest absolute Gasteiger partial charge is 0.426 e. The van der Waals surface area contributed by atoms with E-state index in [1.807, 2.05) is 26.0 Å². The smallest absolute Gasteiger partial charge is 0.311 e. The third kappa shape index (κ3) is 4.76. The summed E-state index contributed by atoms with van der Waals surface area (Å²) in [6.07, 6.45) is 2.58. The van der Waals surface area contributed by atoms with Gasteiger partial charge in [0.25, 0.3) is 0 Å². The molecule has 0 radical (unpaired) electrons. The maximum atomic E-state index is 12.5. The second-order valence-electron chi connectivity index (χ2n) is 7.00. The fourth-order valence-corrected chi connectivity index (χ4v) is 4.76. The molecule has 1 heterocycles. The monoisotopic (exact) mass is 387 g/mol. The molecule has 0 bridgehead atoms. The third-order valence-corrected chi connectivity index (χ3v) is 6.71. The SMILES string of the molecule is Cc1ccc(OC(=O)CCc2ccc(S(=O)(=O)N3CCCC3)cc2)c(C)c1. The highest BCUT2D eigenvalue weighted by Crippen LogP contribution is 2.22. The van der Waals surface area contributed by atoms with Gasteiger partial charge in [-0.2, -0.15) is 4.31 Å². The lowest BCUT2D eigenvalue weighted by molar-refractivity contribution is -0.134. The molecule has 0 spiro atoms. The van der Waals surface area contributed by atoms with Gasteiger partial charge in [-0.3, -0.25) is 4.79 Å². The molecule has 5 nitrogen and oxygen atoms in total. The zero-order chi connectivity index (χ0) is 19.4. The first kappa shape index (κ1) is 19.6. The zero-order valence-electron chi connectivity index (χ0n) is 15.8. The summed E-state index contributed by atoms with van der Waals surface area (Å²) in [5.74, 6) is 0.286. The van der Waals surface area contributed by atoms with E-state index < -0.39 is 10.0 Å². The van der Waals surface area contributed by atoms with E-state index in [0.717, 1.165) is 29.5 Å². The number of carbonyl (C=O) groups is 1. The van der Waals surface area contributed by atoms with Crippen molar-refractivity contribution in [2.75, 3.05) is 13.1 Å². The summed E-state index contributed by atoms with van der Waals surface area (Å²) in [6, 6.07) is 12.5. The van der Waals surface area contributed by atoms with E-state index in [2.05, 4.69) is 0 Å². The summed E-state index contributed by atoms with van der Waals surface area (Å²) < 4.78 is 32.0. The summed E-state index contributed by atoms with van der Waals surface area (Å²) >= 11 is 0. The average Bonchev–Trinajstić information content (AvgIpc) is 3.18. The minimum atomic E-state index is -3.39. The van der Waals surface area contributed by atoms with Gasteiger partial charge in [-0.1, -0.05) is 29.8 Å². The van der Waals surface area contributed by atoms with E-state index in [4.69, 9.17) is 4.74 Å². The molecular formula is C21H25NO4S. The molecule has 144 valence electrons. The van der Waals surface area contributed by atoms with Crippen molar-refractivity contribution in [1.82, 2.24) is 4.31 Å². The second kappa shape index (κ2) is 8.23. The number of aryl methyl sites for hydroxylation is 3. The molecule has 2 aromatic carbocycles. The first-order valence-corrected chi connectivity index (χ1v) is 10.7. The van der Waals surface area contributed by atoms with Crippen LogP contribution in [0.2, 0.25) is 0 Å². The van der Waals surface area contributed by atoms with Crippen molar-refractivity contribution in [2.45, 2.75) is 44.4 Å². The van der Waals surface area contributed by atoms with Crippen molar-refractivity contribution in [2.24, 2.45) is 0 Å². The van der Waals surface area contributed by atoms with Crippen molar-refractivity contribution in [3.63, 3.8) is 0 Å². The van der Waals surface area contributed by atoms with Gasteiger partial charge in [0, 0.05) is 19.5 Å². The molecule has 27 heavy (non-hydrogen) atoms. The van der Waals surface area contributed by atoms with Gasteiger partial charge in [0.1, 0.15) is 5.75 Å². The van der Waals surface area contributed by atoms with Crippen LogP contribution in [0.3, 0.4) is 0 Å².